The molecule has 148 valence electrons. The minimum Gasteiger partial charge on any atom is -0.350 e. The molecular weight excluding hydrogens is 376 g/mol. The molecule has 1 unspecified atom stereocenters. The van der Waals surface area contributed by atoms with Gasteiger partial charge in [0.05, 0.1) is 17.3 Å². The number of aromatic nitrogens is 5. The van der Waals surface area contributed by atoms with Crippen molar-refractivity contribution >= 4 is 5.91 Å². The lowest BCUT2D eigenvalue weighted by Gasteiger charge is -2.13. The summed E-state index contributed by atoms with van der Waals surface area (Å²) in [5.74, 6) is 6.17. The Hall–Kier alpha value is -4.18. The van der Waals surface area contributed by atoms with Crippen molar-refractivity contribution in [1.29, 1.82) is 0 Å². The second-order valence-corrected chi connectivity index (χ2v) is 6.73. The predicted molar refractivity (Wildman–Crippen MR) is 113 cm³/mol. The standard InChI is InChI=1S/C23H20N6O/c1-18(29-17-24-16-27-29)15-25-23(30)21-10-11-22(28-13-5-12-26-28)20(14-21)9-8-19-6-3-2-4-7-19/h2-7,10-14,16-18H,15H2,1H3,(H,25,30). The summed E-state index contributed by atoms with van der Waals surface area (Å²) < 4.78 is 3.45. The van der Waals surface area contributed by atoms with Gasteiger partial charge in [0, 0.05) is 30.1 Å². The first kappa shape index (κ1) is 19.2. The van der Waals surface area contributed by atoms with Crippen LogP contribution in [0.2, 0.25) is 0 Å². The molecule has 0 aliphatic heterocycles. The van der Waals surface area contributed by atoms with E-state index in [0.29, 0.717) is 12.1 Å². The van der Waals surface area contributed by atoms with Crippen molar-refractivity contribution in [2.45, 2.75) is 13.0 Å². The maximum Gasteiger partial charge on any atom is 0.251 e. The largest absolute Gasteiger partial charge is 0.350 e. The maximum atomic E-state index is 12.7. The number of rotatable bonds is 5. The molecule has 0 bridgehead atoms. The highest BCUT2D eigenvalue weighted by Gasteiger charge is 2.12. The van der Waals surface area contributed by atoms with Crippen LogP contribution in [-0.2, 0) is 0 Å². The van der Waals surface area contributed by atoms with E-state index in [0.717, 1.165) is 16.8 Å². The number of nitrogens with zero attached hydrogens (tertiary/aromatic N) is 5. The van der Waals surface area contributed by atoms with E-state index in [-0.39, 0.29) is 11.9 Å². The molecule has 30 heavy (non-hydrogen) atoms. The summed E-state index contributed by atoms with van der Waals surface area (Å²) in [5, 5.41) is 11.3. The lowest BCUT2D eigenvalue weighted by molar-refractivity contribution is 0.0948. The van der Waals surface area contributed by atoms with Gasteiger partial charge < -0.3 is 5.32 Å². The van der Waals surface area contributed by atoms with Gasteiger partial charge in [-0.25, -0.2) is 14.3 Å². The smallest absolute Gasteiger partial charge is 0.251 e. The molecule has 0 radical (unpaired) electrons. The van der Waals surface area contributed by atoms with Gasteiger partial charge in [0.15, 0.2) is 0 Å². The van der Waals surface area contributed by atoms with E-state index in [1.807, 2.05) is 55.6 Å². The summed E-state index contributed by atoms with van der Waals surface area (Å²) in [4.78, 5) is 16.7. The molecule has 0 fully saturated rings. The van der Waals surface area contributed by atoms with Gasteiger partial charge in [0.2, 0.25) is 0 Å². The van der Waals surface area contributed by atoms with Gasteiger partial charge in [-0.3, -0.25) is 4.79 Å². The summed E-state index contributed by atoms with van der Waals surface area (Å²) >= 11 is 0. The molecule has 7 nitrogen and oxygen atoms in total. The summed E-state index contributed by atoms with van der Waals surface area (Å²) in [6, 6.07) is 17.0. The van der Waals surface area contributed by atoms with Crippen LogP contribution in [0.4, 0.5) is 0 Å². The van der Waals surface area contributed by atoms with Crippen molar-refractivity contribution in [3.8, 4) is 17.5 Å². The fraction of sp³-hybridized carbons (Fsp3) is 0.130. The van der Waals surface area contributed by atoms with E-state index in [1.165, 1.54) is 6.33 Å². The first-order valence-corrected chi connectivity index (χ1v) is 9.54. The van der Waals surface area contributed by atoms with Crippen molar-refractivity contribution in [3.05, 3.63) is 96.3 Å². The number of hydrogen-bond donors (Lipinski definition) is 1. The summed E-state index contributed by atoms with van der Waals surface area (Å²) in [6.45, 7) is 2.40. The summed E-state index contributed by atoms with van der Waals surface area (Å²) in [6.07, 6.45) is 6.67. The predicted octanol–water partition coefficient (Wildman–Crippen LogP) is 2.85. The second-order valence-electron chi connectivity index (χ2n) is 6.73. The molecule has 1 amide bonds. The van der Waals surface area contributed by atoms with Crippen LogP contribution >= 0.6 is 0 Å². The van der Waals surface area contributed by atoms with Crippen LogP contribution in [0.15, 0.2) is 79.6 Å². The third kappa shape index (κ3) is 4.45. The van der Waals surface area contributed by atoms with E-state index < -0.39 is 0 Å². The normalized spacial score (nSPS) is 11.4. The van der Waals surface area contributed by atoms with Crippen LogP contribution in [0, 0.1) is 11.8 Å². The zero-order valence-electron chi connectivity index (χ0n) is 16.4. The minimum absolute atomic E-state index is 0.00265. The summed E-state index contributed by atoms with van der Waals surface area (Å²) in [5.41, 5.74) is 2.98. The highest BCUT2D eigenvalue weighted by atomic mass is 16.1. The van der Waals surface area contributed by atoms with E-state index in [4.69, 9.17) is 0 Å². The molecule has 0 saturated heterocycles. The number of hydrogen-bond acceptors (Lipinski definition) is 4. The van der Waals surface area contributed by atoms with Crippen LogP contribution in [0.25, 0.3) is 5.69 Å². The number of carbonyl (C=O) groups is 1. The number of carbonyl (C=O) groups excluding carboxylic acids is 1. The Kier molecular flexibility index (Phi) is 5.67. The lowest BCUT2D eigenvalue weighted by Crippen LogP contribution is -2.29. The van der Waals surface area contributed by atoms with E-state index >= 15 is 0 Å². The molecule has 2 aromatic heterocycles. The zero-order chi connectivity index (χ0) is 20.8. The maximum absolute atomic E-state index is 12.7. The Morgan fingerprint density at radius 1 is 1.10 bits per heavy atom. The van der Waals surface area contributed by atoms with Crippen molar-refractivity contribution in [3.63, 3.8) is 0 Å². The Balaban J connectivity index is 1.58. The summed E-state index contributed by atoms with van der Waals surface area (Å²) in [7, 11) is 0. The molecular formula is C23H20N6O. The molecule has 2 aromatic carbocycles. The van der Waals surface area contributed by atoms with E-state index in [2.05, 4.69) is 32.3 Å². The molecule has 0 aliphatic rings. The molecule has 0 spiro atoms. The Morgan fingerprint density at radius 2 is 1.97 bits per heavy atom. The molecule has 4 rings (SSSR count). The Morgan fingerprint density at radius 3 is 2.70 bits per heavy atom. The van der Waals surface area contributed by atoms with Gasteiger partial charge in [0.1, 0.15) is 12.7 Å². The molecule has 0 aliphatic carbocycles. The van der Waals surface area contributed by atoms with Gasteiger partial charge in [-0.05, 0) is 43.3 Å². The van der Waals surface area contributed by atoms with Gasteiger partial charge in [-0.1, -0.05) is 30.0 Å². The number of nitrogens with one attached hydrogen (secondary N) is 1. The third-order valence-corrected chi connectivity index (χ3v) is 4.57. The highest BCUT2D eigenvalue weighted by Crippen LogP contribution is 2.16. The zero-order valence-corrected chi connectivity index (χ0v) is 16.4. The molecule has 4 aromatic rings. The molecule has 1 N–H and O–H groups in total. The van der Waals surface area contributed by atoms with Crippen LogP contribution in [0.5, 0.6) is 0 Å². The quantitative estimate of drug-likeness (QED) is 0.526. The minimum atomic E-state index is -0.170. The SMILES string of the molecule is CC(CNC(=O)c1ccc(-n2cccn2)c(C#Cc2ccccc2)c1)n1cncn1. The van der Waals surface area contributed by atoms with Gasteiger partial charge in [-0.15, -0.1) is 0 Å². The molecule has 0 saturated carbocycles. The van der Waals surface area contributed by atoms with Crippen LogP contribution in [-0.4, -0.2) is 37.0 Å². The van der Waals surface area contributed by atoms with Crippen LogP contribution in [0.1, 0.15) is 34.5 Å². The second kappa shape index (κ2) is 8.88. The lowest BCUT2D eigenvalue weighted by atomic mass is 10.1. The molecule has 7 heteroatoms. The van der Waals surface area contributed by atoms with Crippen molar-refractivity contribution < 1.29 is 4.79 Å². The van der Waals surface area contributed by atoms with Crippen LogP contribution < -0.4 is 5.32 Å². The van der Waals surface area contributed by atoms with Crippen LogP contribution in [0.3, 0.4) is 0 Å². The van der Waals surface area contributed by atoms with Crippen molar-refractivity contribution in [2.24, 2.45) is 0 Å². The average molecular weight is 396 g/mol. The first-order valence-electron chi connectivity index (χ1n) is 9.54. The first-order chi connectivity index (χ1) is 14.7. The molecule has 2 heterocycles. The van der Waals surface area contributed by atoms with Crippen molar-refractivity contribution in [1.82, 2.24) is 29.9 Å². The fourth-order valence-corrected chi connectivity index (χ4v) is 2.93. The number of amides is 1. The topological polar surface area (TPSA) is 77.6 Å². The Labute approximate surface area is 174 Å². The van der Waals surface area contributed by atoms with Gasteiger partial charge in [-0.2, -0.15) is 10.2 Å². The monoisotopic (exact) mass is 396 g/mol. The average Bonchev–Trinajstić information content (AvgIpc) is 3.51. The van der Waals surface area contributed by atoms with Crippen molar-refractivity contribution in [2.75, 3.05) is 6.54 Å². The van der Waals surface area contributed by atoms with E-state index in [1.54, 1.807) is 34.0 Å². The number of benzene rings is 2. The van der Waals surface area contributed by atoms with E-state index in [9.17, 15) is 4.79 Å². The highest BCUT2D eigenvalue weighted by molar-refractivity contribution is 5.95. The third-order valence-electron chi connectivity index (χ3n) is 4.57. The van der Waals surface area contributed by atoms with Gasteiger partial charge >= 0.3 is 0 Å². The molecule has 1 atom stereocenters. The van der Waals surface area contributed by atoms with Gasteiger partial charge in [0.25, 0.3) is 5.91 Å². The fourth-order valence-electron chi connectivity index (χ4n) is 2.93. The Bertz CT molecular complexity index is 1170.